The molecule has 1 aliphatic heterocycles. The van der Waals surface area contributed by atoms with Crippen LogP contribution in [-0.2, 0) is 0 Å². The van der Waals surface area contributed by atoms with Gasteiger partial charge in [0.1, 0.15) is 0 Å². The lowest BCUT2D eigenvalue weighted by Crippen LogP contribution is -2.45. The maximum absolute atomic E-state index is 3.44. The van der Waals surface area contributed by atoms with E-state index in [0.29, 0.717) is 17.3 Å². The monoisotopic (exact) mass is 278 g/mol. The summed E-state index contributed by atoms with van der Waals surface area (Å²) in [7, 11) is 2.06. The molecule has 1 fully saturated rings. The van der Waals surface area contributed by atoms with Crippen molar-refractivity contribution in [1.29, 1.82) is 0 Å². The van der Waals surface area contributed by atoms with Crippen LogP contribution in [0.2, 0.25) is 0 Å². The Kier molecular flexibility index (Phi) is 5.17. The Morgan fingerprint density at radius 1 is 1.37 bits per heavy atom. The number of nitrogens with one attached hydrogen (secondary N) is 1. The lowest BCUT2D eigenvalue weighted by Gasteiger charge is -2.41. The highest BCUT2D eigenvalue weighted by atomic mass is 32.2. The van der Waals surface area contributed by atoms with Crippen molar-refractivity contribution in [3.63, 3.8) is 0 Å². The largest absolute Gasteiger partial charge is 0.367 e. The van der Waals surface area contributed by atoms with Crippen molar-refractivity contribution in [2.24, 2.45) is 0 Å². The number of hydrogen-bond donors (Lipinski definition) is 1. The predicted molar refractivity (Wildman–Crippen MR) is 87.3 cm³/mol. The number of anilines is 1. The van der Waals surface area contributed by atoms with Crippen LogP contribution in [0.3, 0.4) is 0 Å². The summed E-state index contributed by atoms with van der Waals surface area (Å²) in [5.41, 5.74) is 2.86. The smallest absolute Gasteiger partial charge is 0.0417 e. The first-order valence-corrected chi connectivity index (χ1v) is 8.38. The molecule has 1 N–H and O–H groups in total. The highest BCUT2D eigenvalue weighted by Gasteiger charge is 2.27. The van der Waals surface area contributed by atoms with E-state index in [1.54, 1.807) is 0 Å². The highest BCUT2D eigenvalue weighted by Crippen LogP contribution is 2.34. The minimum Gasteiger partial charge on any atom is -0.367 e. The Morgan fingerprint density at radius 3 is 2.79 bits per heavy atom. The van der Waals surface area contributed by atoms with E-state index in [4.69, 9.17) is 0 Å². The highest BCUT2D eigenvalue weighted by molar-refractivity contribution is 8.00. The average Bonchev–Trinajstić information content (AvgIpc) is 2.44. The van der Waals surface area contributed by atoms with E-state index in [9.17, 15) is 0 Å². The van der Waals surface area contributed by atoms with Crippen molar-refractivity contribution in [2.45, 2.75) is 44.5 Å². The van der Waals surface area contributed by atoms with Gasteiger partial charge in [-0.05, 0) is 32.0 Å². The Hall–Kier alpha value is -0.670. The number of thioether (sulfide) groups is 1. The average molecular weight is 278 g/mol. The molecule has 19 heavy (non-hydrogen) atoms. The summed E-state index contributed by atoms with van der Waals surface area (Å²) in [6.07, 6.45) is 1.13. The third-order valence-electron chi connectivity index (χ3n) is 4.26. The number of nitrogens with zero attached hydrogens (tertiary/aromatic N) is 1. The summed E-state index contributed by atoms with van der Waals surface area (Å²) in [5.74, 6) is 1.23. The van der Waals surface area contributed by atoms with Crippen molar-refractivity contribution in [3.05, 3.63) is 29.8 Å². The van der Waals surface area contributed by atoms with Crippen LogP contribution in [-0.4, -0.2) is 30.6 Å². The zero-order chi connectivity index (χ0) is 13.8. The van der Waals surface area contributed by atoms with E-state index in [1.807, 2.05) is 0 Å². The zero-order valence-corrected chi connectivity index (χ0v) is 13.3. The SMILES string of the molecule is CCC(NC)c1ccccc1N1CCSC(C)C1C. The molecule has 0 amide bonds. The van der Waals surface area contributed by atoms with E-state index in [0.717, 1.165) is 13.0 Å². The van der Waals surface area contributed by atoms with Gasteiger partial charge in [-0.2, -0.15) is 11.8 Å². The number of hydrogen-bond acceptors (Lipinski definition) is 3. The minimum atomic E-state index is 0.452. The first kappa shape index (κ1) is 14.7. The Balaban J connectivity index is 2.33. The topological polar surface area (TPSA) is 15.3 Å². The summed E-state index contributed by atoms with van der Waals surface area (Å²) >= 11 is 2.09. The van der Waals surface area contributed by atoms with Gasteiger partial charge >= 0.3 is 0 Å². The molecule has 0 bridgehead atoms. The number of benzene rings is 1. The van der Waals surface area contributed by atoms with Crippen LogP contribution in [0.1, 0.15) is 38.8 Å². The molecule has 0 aliphatic carbocycles. The van der Waals surface area contributed by atoms with Crippen LogP contribution in [0.5, 0.6) is 0 Å². The molecule has 1 saturated heterocycles. The molecule has 3 unspecified atom stereocenters. The fraction of sp³-hybridized carbons (Fsp3) is 0.625. The van der Waals surface area contributed by atoms with Gasteiger partial charge in [0.15, 0.2) is 0 Å². The van der Waals surface area contributed by atoms with Gasteiger partial charge < -0.3 is 10.2 Å². The van der Waals surface area contributed by atoms with Crippen LogP contribution < -0.4 is 10.2 Å². The maximum atomic E-state index is 3.44. The normalized spacial score (nSPS) is 25.4. The van der Waals surface area contributed by atoms with E-state index in [2.05, 4.69) is 74.1 Å². The van der Waals surface area contributed by atoms with Gasteiger partial charge in [-0.15, -0.1) is 0 Å². The minimum absolute atomic E-state index is 0.452. The van der Waals surface area contributed by atoms with Gasteiger partial charge in [-0.25, -0.2) is 0 Å². The van der Waals surface area contributed by atoms with Crippen LogP contribution in [0, 0.1) is 0 Å². The standard InChI is InChI=1S/C16H26N2S/c1-5-15(17-4)14-8-6-7-9-16(14)18-10-11-19-13(3)12(18)2/h6-9,12-13,15,17H,5,10-11H2,1-4H3. The fourth-order valence-electron chi connectivity index (χ4n) is 2.90. The molecule has 0 spiro atoms. The molecule has 1 heterocycles. The number of rotatable bonds is 4. The summed E-state index contributed by atoms with van der Waals surface area (Å²) < 4.78 is 0. The van der Waals surface area contributed by atoms with Gasteiger partial charge in [0.05, 0.1) is 0 Å². The van der Waals surface area contributed by atoms with Gasteiger partial charge in [0.25, 0.3) is 0 Å². The fourth-order valence-corrected chi connectivity index (χ4v) is 4.00. The molecule has 2 rings (SSSR count). The van der Waals surface area contributed by atoms with Crippen molar-refractivity contribution < 1.29 is 0 Å². The van der Waals surface area contributed by atoms with Gasteiger partial charge in [0.2, 0.25) is 0 Å². The lowest BCUT2D eigenvalue weighted by atomic mass is 10.0. The zero-order valence-electron chi connectivity index (χ0n) is 12.5. The molecule has 0 radical (unpaired) electrons. The molecule has 3 heteroatoms. The van der Waals surface area contributed by atoms with Crippen molar-refractivity contribution in [1.82, 2.24) is 5.32 Å². The molecule has 106 valence electrons. The Bertz CT molecular complexity index is 403. The molecular formula is C16H26N2S. The Labute approximate surface area is 122 Å². The van der Waals surface area contributed by atoms with Crippen LogP contribution >= 0.6 is 11.8 Å². The summed E-state index contributed by atoms with van der Waals surface area (Å²) in [5, 5.41) is 4.15. The number of para-hydroxylation sites is 1. The molecule has 1 aromatic rings. The van der Waals surface area contributed by atoms with Gasteiger partial charge in [-0.3, -0.25) is 0 Å². The molecule has 0 aromatic heterocycles. The first-order valence-electron chi connectivity index (χ1n) is 7.33. The van der Waals surface area contributed by atoms with Crippen LogP contribution in [0.25, 0.3) is 0 Å². The second-order valence-corrected chi connectivity index (χ2v) is 6.80. The van der Waals surface area contributed by atoms with E-state index in [1.165, 1.54) is 17.0 Å². The lowest BCUT2D eigenvalue weighted by molar-refractivity contribution is 0.565. The second kappa shape index (κ2) is 6.67. The van der Waals surface area contributed by atoms with Crippen molar-refractivity contribution in [3.8, 4) is 0 Å². The quantitative estimate of drug-likeness (QED) is 0.904. The molecular weight excluding hydrogens is 252 g/mol. The summed E-state index contributed by atoms with van der Waals surface area (Å²) in [4.78, 5) is 2.59. The second-order valence-electron chi connectivity index (χ2n) is 5.32. The molecule has 0 saturated carbocycles. The molecule has 1 aliphatic rings. The maximum Gasteiger partial charge on any atom is 0.0417 e. The molecule has 3 atom stereocenters. The predicted octanol–water partition coefficient (Wildman–Crippen LogP) is 3.69. The van der Waals surface area contributed by atoms with Crippen molar-refractivity contribution >= 4 is 17.4 Å². The van der Waals surface area contributed by atoms with Crippen molar-refractivity contribution in [2.75, 3.05) is 24.2 Å². The first-order chi connectivity index (χ1) is 9.19. The van der Waals surface area contributed by atoms with Gasteiger partial charge in [0, 0.05) is 35.3 Å². The molecule has 1 aromatic carbocycles. The summed E-state index contributed by atoms with van der Waals surface area (Å²) in [6.45, 7) is 8.11. The van der Waals surface area contributed by atoms with E-state index < -0.39 is 0 Å². The third kappa shape index (κ3) is 3.09. The third-order valence-corrected chi connectivity index (χ3v) is 5.60. The van der Waals surface area contributed by atoms with E-state index in [-0.39, 0.29) is 0 Å². The van der Waals surface area contributed by atoms with Crippen LogP contribution in [0.4, 0.5) is 5.69 Å². The summed E-state index contributed by atoms with van der Waals surface area (Å²) in [6, 6.07) is 9.95. The van der Waals surface area contributed by atoms with Gasteiger partial charge in [-0.1, -0.05) is 32.0 Å². The Morgan fingerprint density at radius 2 is 2.11 bits per heavy atom. The van der Waals surface area contributed by atoms with Crippen LogP contribution in [0.15, 0.2) is 24.3 Å². The molecule has 2 nitrogen and oxygen atoms in total. The van der Waals surface area contributed by atoms with E-state index >= 15 is 0 Å².